The van der Waals surface area contributed by atoms with Crippen molar-refractivity contribution < 1.29 is 5.11 Å². The highest BCUT2D eigenvalue weighted by molar-refractivity contribution is 5.81. The molecule has 3 aromatic heterocycles. The van der Waals surface area contributed by atoms with Crippen LogP contribution in [-0.2, 0) is 0 Å². The standard InChI is InChI=1S/C23H30N6O/c24-10-14-7-18(8-14)29-13-20(23(27-29)15-1-2-15)22-9-21-16(11-25-22)12-28(26-21)17-3-5-19(30)6-4-17/h9,11-15,17-19,30H,1-8,10,24H2/t14-,17-,18-,19-. The van der Waals surface area contributed by atoms with E-state index in [0.29, 0.717) is 23.9 Å². The molecule has 0 saturated heterocycles. The summed E-state index contributed by atoms with van der Waals surface area (Å²) in [6.07, 6.45) is 14.5. The Kier molecular flexibility index (Phi) is 4.42. The van der Waals surface area contributed by atoms with E-state index in [1.165, 1.54) is 24.1 Å². The van der Waals surface area contributed by atoms with E-state index in [4.69, 9.17) is 20.9 Å². The number of hydrogen-bond donors (Lipinski definition) is 2. The number of nitrogens with zero attached hydrogens (tertiary/aromatic N) is 5. The van der Waals surface area contributed by atoms with Crippen molar-refractivity contribution in [3.05, 3.63) is 30.4 Å². The zero-order chi connectivity index (χ0) is 20.2. The first-order valence-electron chi connectivity index (χ1n) is 11.5. The molecule has 0 radical (unpaired) electrons. The average Bonchev–Trinajstić information content (AvgIpc) is 3.33. The maximum atomic E-state index is 9.79. The van der Waals surface area contributed by atoms with Crippen LogP contribution in [0.5, 0.6) is 0 Å². The second kappa shape index (κ2) is 7.17. The Bertz CT molecular complexity index is 1050. The Balaban J connectivity index is 1.31. The van der Waals surface area contributed by atoms with Crippen LogP contribution in [0.1, 0.15) is 75.1 Å². The summed E-state index contributed by atoms with van der Waals surface area (Å²) in [5.41, 5.74) is 10.2. The summed E-state index contributed by atoms with van der Waals surface area (Å²) in [6, 6.07) is 2.98. The summed E-state index contributed by atoms with van der Waals surface area (Å²) in [7, 11) is 0. The van der Waals surface area contributed by atoms with E-state index in [0.717, 1.165) is 61.7 Å². The normalized spacial score (nSPS) is 29.3. The predicted octanol–water partition coefficient (Wildman–Crippen LogP) is 3.56. The van der Waals surface area contributed by atoms with Crippen LogP contribution in [0.2, 0.25) is 0 Å². The van der Waals surface area contributed by atoms with Crippen molar-refractivity contribution in [2.45, 2.75) is 75.5 Å². The second-order valence-electron chi connectivity index (χ2n) is 9.61. The molecule has 3 aromatic rings. The van der Waals surface area contributed by atoms with Crippen LogP contribution in [0.15, 0.2) is 24.7 Å². The zero-order valence-corrected chi connectivity index (χ0v) is 17.3. The minimum atomic E-state index is -0.146. The first kappa shape index (κ1) is 18.5. The molecule has 158 valence electrons. The van der Waals surface area contributed by atoms with Crippen LogP contribution in [0.25, 0.3) is 22.2 Å². The van der Waals surface area contributed by atoms with Crippen molar-refractivity contribution in [3.8, 4) is 11.3 Å². The van der Waals surface area contributed by atoms with E-state index in [-0.39, 0.29) is 6.10 Å². The fraction of sp³-hybridized carbons (Fsp3) is 0.609. The summed E-state index contributed by atoms with van der Waals surface area (Å²) < 4.78 is 4.27. The molecule has 30 heavy (non-hydrogen) atoms. The number of aliphatic hydroxyl groups excluding tert-OH is 1. The average molecular weight is 407 g/mol. The molecule has 0 unspecified atom stereocenters. The molecular weight excluding hydrogens is 376 g/mol. The lowest BCUT2D eigenvalue weighted by Crippen LogP contribution is -2.32. The van der Waals surface area contributed by atoms with Gasteiger partial charge in [0.2, 0.25) is 0 Å². The number of aliphatic hydroxyl groups is 1. The number of pyridine rings is 1. The highest BCUT2D eigenvalue weighted by atomic mass is 16.3. The van der Waals surface area contributed by atoms with Crippen LogP contribution in [0.4, 0.5) is 0 Å². The van der Waals surface area contributed by atoms with Gasteiger partial charge in [-0.1, -0.05) is 0 Å². The fourth-order valence-electron chi connectivity index (χ4n) is 5.15. The van der Waals surface area contributed by atoms with Crippen molar-refractivity contribution >= 4 is 10.9 Å². The lowest BCUT2D eigenvalue weighted by atomic mass is 9.80. The topological polar surface area (TPSA) is 94.8 Å². The van der Waals surface area contributed by atoms with E-state index in [1.54, 1.807) is 0 Å². The first-order valence-corrected chi connectivity index (χ1v) is 11.5. The summed E-state index contributed by atoms with van der Waals surface area (Å²) >= 11 is 0. The van der Waals surface area contributed by atoms with Gasteiger partial charge < -0.3 is 10.8 Å². The molecule has 3 fully saturated rings. The predicted molar refractivity (Wildman–Crippen MR) is 115 cm³/mol. The largest absolute Gasteiger partial charge is 0.393 e. The Labute approximate surface area is 176 Å². The fourth-order valence-corrected chi connectivity index (χ4v) is 5.15. The van der Waals surface area contributed by atoms with Crippen LogP contribution in [0, 0.1) is 5.92 Å². The van der Waals surface area contributed by atoms with Gasteiger partial charge in [-0.3, -0.25) is 14.3 Å². The molecule has 0 bridgehead atoms. The van der Waals surface area contributed by atoms with Crippen molar-refractivity contribution in [2.75, 3.05) is 6.54 Å². The van der Waals surface area contributed by atoms with Gasteiger partial charge >= 0.3 is 0 Å². The number of nitrogens with two attached hydrogens (primary N) is 1. The molecule has 3 N–H and O–H groups in total. The van der Waals surface area contributed by atoms with Crippen LogP contribution in [0.3, 0.4) is 0 Å². The van der Waals surface area contributed by atoms with Gasteiger partial charge in [-0.25, -0.2) is 0 Å². The third-order valence-electron chi connectivity index (χ3n) is 7.37. The molecule has 6 rings (SSSR count). The van der Waals surface area contributed by atoms with E-state index in [9.17, 15) is 5.11 Å². The van der Waals surface area contributed by atoms with Gasteiger partial charge in [-0.2, -0.15) is 10.2 Å². The molecule has 0 aromatic carbocycles. The highest BCUT2D eigenvalue weighted by Crippen LogP contribution is 2.45. The Hall–Kier alpha value is -2.25. The summed E-state index contributed by atoms with van der Waals surface area (Å²) in [5.74, 6) is 1.22. The number of hydrogen-bond acceptors (Lipinski definition) is 5. The maximum absolute atomic E-state index is 9.79. The zero-order valence-electron chi connectivity index (χ0n) is 17.3. The van der Waals surface area contributed by atoms with Gasteiger partial charge in [-0.05, 0) is 69.9 Å². The van der Waals surface area contributed by atoms with Crippen LogP contribution < -0.4 is 5.73 Å². The Morgan fingerprint density at radius 3 is 2.47 bits per heavy atom. The van der Waals surface area contributed by atoms with Crippen molar-refractivity contribution in [2.24, 2.45) is 11.7 Å². The van der Waals surface area contributed by atoms with E-state index in [1.807, 2.05) is 6.20 Å². The highest BCUT2D eigenvalue weighted by Gasteiger charge is 2.34. The van der Waals surface area contributed by atoms with E-state index >= 15 is 0 Å². The molecule has 7 nitrogen and oxygen atoms in total. The summed E-state index contributed by atoms with van der Waals surface area (Å²) in [6.45, 7) is 0.779. The van der Waals surface area contributed by atoms with Crippen molar-refractivity contribution in [1.29, 1.82) is 0 Å². The summed E-state index contributed by atoms with van der Waals surface area (Å²) in [4.78, 5) is 4.80. The summed E-state index contributed by atoms with van der Waals surface area (Å²) in [5, 5.41) is 20.7. The van der Waals surface area contributed by atoms with Gasteiger partial charge in [0.1, 0.15) is 0 Å². The van der Waals surface area contributed by atoms with Gasteiger partial charge in [0, 0.05) is 35.5 Å². The molecule has 0 atom stereocenters. The van der Waals surface area contributed by atoms with Crippen LogP contribution in [-0.4, -0.2) is 42.3 Å². The molecule has 0 aliphatic heterocycles. The molecule has 3 aliphatic rings. The lowest BCUT2D eigenvalue weighted by Gasteiger charge is -2.34. The Morgan fingerprint density at radius 1 is 0.967 bits per heavy atom. The maximum Gasteiger partial charge on any atom is 0.0960 e. The van der Waals surface area contributed by atoms with Crippen LogP contribution >= 0.6 is 0 Å². The lowest BCUT2D eigenvalue weighted by molar-refractivity contribution is 0.108. The van der Waals surface area contributed by atoms with Gasteiger partial charge in [0.25, 0.3) is 0 Å². The molecule has 3 aliphatic carbocycles. The third kappa shape index (κ3) is 3.24. The molecule has 0 spiro atoms. The molecule has 7 heteroatoms. The SMILES string of the molecule is NC[C@H]1C[C@H](n2cc(-c3cc4nn([C@H]5CC[C@H](O)CC5)cc4cn3)c(C3CC3)n2)C1. The van der Waals surface area contributed by atoms with Crippen molar-refractivity contribution in [1.82, 2.24) is 24.5 Å². The van der Waals surface area contributed by atoms with Gasteiger partial charge in [-0.15, -0.1) is 0 Å². The first-order chi connectivity index (χ1) is 14.7. The minimum Gasteiger partial charge on any atom is -0.393 e. The monoisotopic (exact) mass is 406 g/mol. The number of fused-ring (bicyclic) bond motifs is 1. The molecule has 3 saturated carbocycles. The molecule has 3 heterocycles. The molecule has 0 amide bonds. The van der Waals surface area contributed by atoms with Gasteiger partial charge in [0.15, 0.2) is 0 Å². The smallest absolute Gasteiger partial charge is 0.0960 e. The molecular formula is C23H30N6O. The number of rotatable bonds is 5. The second-order valence-corrected chi connectivity index (χ2v) is 9.61. The van der Waals surface area contributed by atoms with E-state index < -0.39 is 0 Å². The quantitative estimate of drug-likeness (QED) is 0.676. The van der Waals surface area contributed by atoms with Gasteiger partial charge in [0.05, 0.1) is 35.1 Å². The number of aromatic nitrogens is 5. The third-order valence-corrected chi connectivity index (χ3v) is 7.37. The van der Waals surface area contributed by atoms with Crippen molar-refractivity contribution in [3.63, 3.8) is 0 Å². The Morgan fingerprint density at radius 2 is 1.73 bits per heavy atom. The minimum absolute atomic E-state index is 0.146. The van der Waals surface area contributed by atoms with E-state index in [2.05, 4.69) is 27.8 Å².